The Bertz CT molecular complexity index is 1190. The smallest absolute Gasteiger partial charge is 0.263 e. The fourth-order valence-corrected chi connectivity index (χ4v) is 6.86. The minimum atomic E-state index is 0.136. The van der Waals surface area contributed by atoms with Gasteiger partial charge in [-0.1, -0.05) is 51.4 Å². The number of nitrogens with zero attached hydrogens (tertiary/aromatic N) is 3. The van der Waals surface area contributed by atoms with Crippen molar-refractivity contribution in [3.05, 3.63) is 69.5 Å². The van der Waals surface area contributed by atoms with E-state index in [0.717, 1.165) is 77.9 Å². The van der Waals surface area contributed by atoms with Crippen LogP contribution in [0.2, 0.25) is 0 Å². The zero-order valence-corrected chi connectivity index (χ0v) is 23.5. The molecule has 2 aliphatic rings. The fourth-order valence-electron chi connectivity index (χ4n) is 5.56. The molecule has 36 heavy (non-hydrogen) atoms. The zero-order valence-electron chi connectivity index (χ0n) is 21.1. The number of benzene rings is 2. The molecule has 0 aliphatic carbocycles. The van der Waals surface area contributed by atoms with E-state index in [9.17, 15) is 4.79 Å². The van der Waals surface area contributed by atoms with Crippen molar-refractivity contribution in [3.8, 4) is 0 Å². The number of thiophene rings is 1. The summed E-state index contributed by atoms with van der Waals surface area (Å²) in [4.78, 5) is 24.3. The number of carbonyl (C=O) groups is 1. The minimum Gasteiger partial charge on any atom is -0.396 e. The monoisotopic (exact) mass is 567 g/mol. The van der Waals surface area contributed by atoms with E-state index in [-0.39, 0.29) is 11.4 Å². The van der Waals surface area contributed by atoms with Crippen LogP contribution in [0.4, 0.5) is 0 Å². The van der Waals surface area contributed by atoms with Crippen LogP contribution in [0.5, 0.6) is 0 Å². The molecule has 0 radical (unpaired) electrons. The van der Waals surface area contributed by atoms with Gasteiger partial charge in [0.15, 0.2) is 0 Å². The van der Waals surface area contributed by atoms with E-state index in [2.05, 4.69) is 74.2 Å². The highest BCUT2D eigenvalue weighted by Crippen LogP contribution is 2.35. The topological polar surface area (TPSA) is 45.1 Å². The van der Waals surface area contributed by atoms with E-state index in [4.69, 9.17) is 4.84 Å². The number of fused-ring (bicyclic) bond motifs is 1. The van der Waals surface area contributed by atoms with Gasteiger partial charge in [0.05, 0.1) is 10.6 Å². The summed E-state index contributed by atoms with van der Waals surface area (Å²) in [5.74, 6) is 0.579. The molecule has 0 N–H and O–H groups in total. The molecule has 0 saturated carbocycles. The summed E-state index contributed by atoms with van der Waals surface area (Å²) < 4.78 is 2.25. The molecule has 2 saturated heterocycles. The van der Waals surface area contributed by atoms with Crippen LogP contribution in [0.25, 0.3) is 10.1 Å². The minimum absolute atomic E-state index is 0.136. The molecular formula is C29H34BrN3O2S. The van der Waals surface area contributed by atoms with E-state index in [0.29, 0.717) is 12.5 Å². The van der Waals surface area contributed by atoms with Gasteiger partial charge in [-0.15, -0.1) is 11.3 Å². The van der Waals surface area contributed by atoms with Gasteiger partial charge in [0, 0.05) is 33.7 Å². The van der Waals surface area contributed by atoms with Crippen molar-refractivity contribution < 1.29 is 9.63 Å². The lowest BCUT2D eigenvalue weighted by molar-refractivity contribution is 0.0163. The number of oxime groups is 1. The van der Waals surface area contributed by atoms with Crippen LogP contribution in [0.3, 0.4) is 0 Å². The Hall–Kier alpha value is -2.22. The Morgan fingerprint density at radius 2 is 1.78 bits per heavy atom. The van der Waals surface area contributed by atoms with E-state index < -0.39 is 0 Å². The summed E-state index contributed by atoms with van der Waals surface area (Å²) in [6, 6.07) is 18.7. The van der Waals surface area contributed by atoms with E-state index in [1.165, 1.54) is 4.70 Å². The molecule has 2 fully saturated rings. The maximum absolute atomic E-state index is 13.2. The Balaban J connectivity index is 1.19. The van der Waals surface area contributed by atoms with Gasteiger partial charge in [-0.2, -0.15) is 0 Å². The number of halogens is 1. The first-order chi connectivity index (χ1) is 17.5. The lowest BCUT2D eigenvalue weighted by Gasteiger charge is -2.49. The SMILES string of the molecule is CCO/N=C(\c1ccc(Br)cc1)C1CCN(C2(C)CCN(C(=O)c3cc4ccccc4s3)CC2)CC1. The first-order valence-corrected chi connectivity index (χ1v) is 14.6. The summed E-state index contributed by atoms with van der Waals surface area (Å²) in [6.45, 7) is 8.68. The van der Waals surface area contributed by atoms with Crippen molar-refractivity contribution in [2.24, 2.45) is 11.1 Å². The van der Waals surface area contributed by atoms with Crippen molar-refractivity contribution in [2.45, 2.75) is 45.1 Å². The third-order valence-electron chi connectivity index (χ3n) is 7.84. The van der Waals surface area contributed by atoms with Crippen LogP contribution in [-0.2, 0) is 4.84 Å². The van der Waals surface area contributed by atoms with Crippen molar-refractivity contribution >= 4 is 49.0 Å². The molecule has 3 aromatic rings. The number of hydrogen-bond donors (Lipinski definition) is 0. The van der Waals surface area contributed by atoms with Crippen molar-refractivity contribution in [1.82, 2.24) is 9.80 Å². The summed E-state index contributed by atoms with van der Waals surface area (Å²) >= 11 is 5.14. The number of hydrogen-bond acceptors (Lipinski definition) is 5. The third kappa shape index (κ3) is 5.38. The zero-order chi connectivity index (χ0) is 25.1. The number of piperidine rings is 2. The van der Waals surface area contributed by atoms with Crippen molar-refractivity contribution in [2.75, 3.05) is 32.8 Å². The maximum Gasteiger partial charge on any atom is 0.263 e. The fraction of sp³-hybridized carbons (Fsp3) is 0.448. The van der Waals surface area contributed by atoms with Crippen molar-refractivity contribution in [1.29, 1.82) is 0 Å². The Kier molecular flexibility index (Phi) is 7.79. The van der Waals surface area contributed by atoms with Gasteiger partial charge < -0.3 is 9.74 Å². The maximum atomic E-state index is 13.2. The lowest BCUT2D eigenvalue weighted by Crippen LogP contribution is -2.56. The quantitative estimate of drug-likeness (QED) is 0.242. The Morgan fingerprint density at radius 3 is 2.44 bits per heavy atom. The predicted octanol–water partition coefficient (Wildman–Crippen LogP) is 6.81. The number of carbonyl (C=O) groups excluding carboxylic acids is 1. The van der Waals surface area contributed by atoms with Crippen LogP contribution in [0.1, 0.15) is 54.8 Å². The first kappa shape index (κ1) is 25.4. The van der Waals surface area contributed by atoms with E-state index >= 15 is 0 Å². The molecule has 2 aromatic carbocycles. The van der Waals surface area contributed by atoms with E-state index in [1.807, 2.05) is 25.1 Å². The van der Waals surface area contributed by atoms with E-state index in [1.54, 1.807) is 11.3 Å². The van der Waals surface area contributed by atoms with Crippen molar-refractivity contribution in [3.63, 3.8) is 0 Å². The molecule has 5 nitrogen and oxygen atoms in total. The largest absolute Gasteiger partial charge is 0.396 e. The normalized spacial score (nSPS) is 19.5. The summed E-state index contributed by atoms with van der Waals surface area (Å²) in [5, 5.41) is 5.69. The molecule has 1 amide bonds. The van der Waals surface area contributed by atoms with Gasteiger partial charge in [0.2, 0.25) is 0 Å². The van der Waals surface area contributed by atoms with Crippen LogP contribution >= 0.6 is 27.3 Å². The highest BCUT2D eigenvalue weighted by atomic mass is 79.9. The van der Waals surface area contributed by atoms with Crippen LogP contribution < -0.4 is 0 Å². The molecule has 3 heterocycles. The standard InChI is InChI=1S/C29H34BrN3O2S/c1-3-35-31-27(21-8-10-24(30)11-9-21)22-12-16-33(17-13-22)29(2)14-18-32(19-15-29)28(34)26-20-23-6-4-5-7-25(23)36-26/h4-11,20,22H,3,12-19H2,1-2H3/b31-27+. The van der Waals surface area contributed by atoms with Gasteiger partial charge in [0.1, 0.15) is 6.61 Å². The summed E-state index contributed by atoms with van der Waals surface area (Å²) in [6.07, 6.45) is 4.17. The molecule has 2 aliphatic heterocycles. The molecule has 7 heteroatoms. The van der Waals surface area contributed by atoms with Gasteiger partial charge in [-0.05, 0) is 87.8 Å². The number of rotatable bonds is 6. The lowest BCUT2D eigenvalue weighted by atomic mass is 9.82. The summed E-state index contributed by atoms with van der Waals surface area (Å²) in [7, 11) is 0. The highest BCUT2D eigenvalue weighted by molar-refractivity contribution is 9.10. The van der Waals surface area contributed by atoms with Crippen LogP contribution in [0, 0.1) is 5.92 Å². The average molecular weight is 569 g/mol. The summed E-state index contributed by atoms with van der Waals surface area (Å²) in [5.41, 5.74) is 2.35. The molecule has 0 unspecified atom stereocenters. The molecule has 1 aromatic heterocycles. The molecule has 0 atom stereocenters. The molecule has 190 valence electrons. The molecule has 0 bridgehead atoms. The third-order valence-corrected chi connectivity index (χ3v) is 9.47. The second-order valence-corrected chi connectivity index (χ2v) is 12.1. The second kappa shape index (κ2) is 11.0. The Labute approximate surface area is 226 Å². The first-order valence-electron chi connectivity index (χ1n) is 13.0. The molecular weight excluding hydrogens is 534 g/mol. The second-order valence-electron chi connectivity index (χ2n) is 10.1. The van der Waals surface area contributed by atoms with Gasteiger partial charge in [-0.3, -0.25) is 9.69 Å². The van der Waals surface area contributed by atoms with Gasteiger partial charge >= 0.3 is 0 Å². The average Bonchev–Trinajstić information content (AvgIpc) is 3.35. The number of amides is 1. The highest BCUT2D eigenvalue weighted by Gasteiger charge is 2.39. The predicted molar refractivity (Wildman–Crippen MR) is 152 cm³/mol. The molecule has 5 rings (SSSR count). The van der Waals surface area contributed by atoms with Crippen LogP contribution in [-0.4, -0.2) is 59.7 Å². The van der Waals surface area contributed by atoms with Gasteiger partial charge in [-0.25, -0.2) is 0 Å². The van der Waals surface area contributed by atoms with Gasteiger partial charge in [0.25, 0.3) is 5.91 Å². The number of likely N-dealkylation sites (tertiary alicyclic amines) is 2. The Morgan fingerprint density at radius 1 is 1.08 bits per heavy atom. The molecule has 0 spiro atoms. The van der Waals surface area contributed by atoms with Crippen LogP contribution in [0.15, 0.2) is 64.2 Å².